The van der Waals surface area contributed by atoms with Crippen LogP contribution in [0.1, 0.15) is 38.5 Å². The zero-order valence-corrected chi connectivity index (χ0v) is 11.5. The lowest BCUT2D eigenvalue weighted by atomic mass is 9.84. The Morgan fingerprint density at radius 1 is 1.18 bits per heavy atom. The second kappa shape index (κ2) is 6.72. The van der Waals surface area contributed by atoms with E-state index >= 15 is 0 Å². The number of rotatable bonds is 7. The van der Waals surface area contributed by atoms with E-state index in [9.17, 15) is 0 Å². The standard InChI is InChI=1S/C14H28N2O/c1-15-14-6-4-3-5-12(14)11-16(9-10-17-2)13-7-8-13/h12-15H,3-11H2,1-2H3. The molecule has 17 heavy (non-hydrogen) atoms. The molecule has 0 radical (unpaired) electrons. The maximum Gasteiger partial charge on any atom is 0.0589 e. The summed E-state index contributed by atoms with van der Waals surface area (Å²) in [6.07, 6.45) is 8.40. The van der Waals surface area contributed by atoms with Crippen LogP contribution in [0.15, 0.2) is 0 Å². The topological polar surface area (TPSA) is 24.5 Å². The highest BCUT2D eigenvalue weighted by Crippen LogP contribution is 2.31. The van der Waals surface area contributed by atoms with Crippen molar-refractivity contribution >= 4 is 0 Å². The Morgan fingerprint density at radius 2 is 1.94 bits per heavy atom. The molecule has 2 aliphatic rings. The van der Waals surface area contributed by atoms with Gasteiger partial charge in [0.2, 0.25) is 0 Å². The third-order valence-electron chi connectivity index (χ3n) is 4.39. The maximum absolute atomic E-state index is 5.24. The van der Waals surface area contributed by atoms with Crippen molar-refractivity contribution in [2.45, 2.75) is 50.6 Å². The molecule has 2 unspecified atom stereocenters. The molecule has 2 rings (SSSR count). The summed E-state index contributed by atoms with van der Waals surface area (Å²) in [5, 5.41) is 3.52. The third-order valence-corrected chi connectivity index (χ3v) is 4.39. The van der Waals surface area contributed by atoms with Crippen molar-refractivity contribution in [3.63, 3.8) is 0 Å². The largest absolute Gasteiger partial charge is 0.383 e. The number of nitrogens with one attached hydrogen (secondary N) is 1. The molecule has 100 valence electrons. The normalized spacial score (nSPS) is 29.8. The molecule has 0 aliphatic heterocycles. The molecule has 3 heteroatoms. The highest BCUT2D eigenvalue weighted by Gasteiger charge is 2.32. The molecule has 1 N–H and O–H groups in total. The summed E-state index contributed by atoms with van der Waals surface area (Å²) >= 11 is 0. The Labute approximate surface area is 106 Å². The summed E-state index contributed by atoms with van der Waals surface area (Å²) in [5.41, 5.74) is 0. The molecule has 2 fully saturated rings. The minimum atomic E-state index is 0.743. The van der Waals surface area contributed by atoms with Crippen molar-refractivity contribution in [3.05, 3.63) is 0 Å². The molecule has 0 aromatic carbocycles. The summed E-state index contributed by atoms with van der Waals surface area (Å²) in [5.74, 6) is 0.853. The fourth-order valence-corrected chi connectivity index (χ4v) is 3.18. The van der Waals surface area contributed by atoms with Gasteiger partial charge < -0.3 is 10.1 Å². The lowest BCUT2D eigenvalue weighted by Gasteiger charge is -2.35. The highest BCUT2D eigenvalue weighted by atomic mass is 16.5. The van der Waals surface area contributed by atoms with Crippen LogP contribution in [-0.2, 0) is 4.74 Å². The van der Waals surface area contributed by atoms with Gasteiger partial charge in [-0.25, -0.2) is 0 Å². The van der Waals surface area contributed by atoms with Crippen LogP contribution in [0.25, 0.3) is 0 Å². The first-order chi connectivity index (χ1) is 8.35. The molecule has 0 aromatic heterocycles. The smallest absolute Gasteiger partial charge is 0.0589 e. The molecule has 0 heterocycles. The van der Waals surface area contributed by atoms with Gasteiger partial charge in [-0.15, -0.1) is 0 Å². The molecule has 0 amide bonds. The maximum atomic E-state index is 5.24. The zero-order chi connectivity index (χ0) is 12.1. The van der Waals surface area contributed by atoms with E-state index in [4.69, 9.17) is 4.74 Å². The Balaban J connectivity index is 1.82. The molecule has 0 aromatic rings. The quantitative estimate of drug-likeness (QED) is 0.735. The van der Waals surface area contributed by atoms with E-state index in [0.29, 0.717) is 0 Å². The summed E-state index contributed by atoms with van der Waals surface area (Å²) in [6.45, 7) is 3.28. The van der Waals surface area contributed by atoms with Gasteiger partial charge in [0.1, 0.15) is 0 Å². The van der Waals surface area contributed by atoms with Gasteiger partial charge in [0.15, 0.2) is 0 Å². The Hall–Kier alpha value is -0.120. The Bertz CT molecular complexity index is 218. The lowest BCUT2D eigenvalue weighted by molar-refractivity contribution is 0.115. The minimum Gasteiger partial charge on any atom is -0.383 e. The van der Waals surface area contributed by atoms with Gasteiger partial charge >= 0.3 is 0 Å². The van der Waals surface area contributed by atoms with Crippen LogP contribution in [0.3, 0.4) is 0 Å². The van der Waals surface area contributed by atoms with E-state index in [-0.39, 0.29) is 0 Å². The van der Waals surface area contributed by atoms with E-state index in [1.807, 2.05) is 7.11 Å². The fourth-order valence-electron chi connectivity index (χ4n) is 3.18. The van der Waals surface area contributed by atoms with Crippen molar-refractivity contribution in [3.8, 4) is 0 Å². The van der Waals surface area contributed by atoms with Gasteiger partial charge in [-0.2, -0.15) is 0 Å². The molecular formula is C14H28N2O. The van der Waals surface area contributed by atoms with Crippen LogP contribution in [0.5, 0.6) is 0 Å². The third kappa shape index (κ3) is 3.94. The van der Waals surface area contributed by atoms with Gasteiger partial charge in [-0.05, 0) is 38.6 Å². The Kier molecular flexibility index (Phi) is 5.26. The predicted molar refractivity (Wildman–Crippen MR) is 71.3 cm³/mol. The van der Waals surface area contributed by atoms with Crippen LogP contribution >= 0.6 is 0 Å². The average Bonchev–Trinajstić information content (AvgIpc) is 3.19. The molecule has 0 bridgehead atoms. The monoisotopic (exact) mass is 240 g/mol. The predicted octanol–water partition coefficient (Wildman–Crippen LogP) is 1.88. The van der Waals surface area contributed by atoms with Crippen molar-refractivity contribution in [2.24, 2.45) is 5.92 Å². The van der Waals surface area contributed by atoms with Gasteiger partial charge in [0.25, 0.3) is 0 Å². The summed E-state index contributed by atoms with van der Waals surface area (Å²) in [7, 11) is 3.93. The van der Waals surface area contributed by atoms with Gasteiger partial charge in [0, 0.05) is 32.3 Å². The Morgan fingerprint density at radius 3 is 2.59 bits per heavy atom. The average molecular weight is 240 g/mol. The van der Waals surface area contributed by atoms with E-state index in [1.54, 1.807) is 0 Å². The number of hydrogen-bond donors (Lipinski definition) is 1. The zero-order valence-electron chi connectivity index (χ0n) is 11.5. The van der Waals surface area contributed by atoms with Gasteiger partial charge in [-0.3, -0.25) is 4.90 Å². The summed E-state index contributed by atoms with van der Waals surface area (Å²) in [4.78, 5) is 2.67. The number of ether oxygens (including phenoxy) is 1. The molecule has 2 saturated carbocycles. The number of nitrogens with zero attached hydrogens (tertiary/aromatic N) is 1. The van der Waals surface area contributed by atoms with Crippen molar-refractivity contribution in [1.82, 2.24) is 10.2 Å². The first kappa shape index (κ1) is 13.3. The SMILES string of the molecule is CNC1CCCCC1CN(CCOC)C1CC1. The van der Waals surface area contributed by atoms with Crippen LogP contribution < -0.4 is 5.32 Å². The van der Waals surface area contributed by atoms with Crippen molar-refractivity contribution < 1.29 is 4.74 Å². The first-order valence-electron chi connectivity index (χ1n) is 7.25. The fraction of sp³-hybridized carbons (Fsp3) is 1.00. The van der Waals surface area contributed by atoms with Crippen molar-refractivity contribution in [1.29, 1.82) is 0 Å². The molecule has 2 aliphatic carbocycles. The second-order valence-electron chi connectivity index (χ2n) is 5.66. The first-order valence-corrected chi connectivity index (χ1v) is 7.25. The summed E-state index contributed by atoms with van der Waals surface area (Å²) < 4.78 is 5.24. The van der Waals surface area contributed by atoms with E-state index in [0.717, 1.165) is 31.2 Å². The van der Waals surface area contributed by atoms with E-state index in [2.05, 4.69) is 17.3 Å². The molecule has 0 spiro atoms. The minimum absolute atomic E-state index is 0.743. The number of methoxy groups -OCH3 is 1. The van der Waals surface area contributed by atoms with Gasteiger partial charge in [0.05, 0.1) is 6.61 Å². The molecular weight excluding hydrogens is 212 g/mol. The van der Waals surface area contributed by atoms with Gasteiger partial charge in [-0.1, -0.05) is 12.8 Å². The van der Waals surface area contributed by atoms with E-state index in [1.165, 1.54) is 45.1 Å². The van der Waals surface area contributed by atoms with Crippen LogP contribution in [0, 0.1) is 5.92 Å². The summed E-state index contributed by atoms with van der Waals surface area (Å²) in [6, 6.07) is 1.61. The van der Waals surface area contributed by atoms with Crippen molar-refractivity contribution in [2.75, 3.05) is 33.9 Å². The van der Waals surface area contributed by atoms with Crippen LogP contribution in [0.2, 0.25) is 0 Å². The van der Waals surface area contributed by atoms with Crippen LogP contribution in [-0.4, -0.2) is 50.8 Å². The van der Waals surface area contributed by atoms with Crippen LogP contribution in [0.4, 0.5) is 0 Å². The molecule has 3 nitrogen and oxygen atoms in total. The number of hydrogen-bond acceptors (Lipinski definition) is 3. The second-order valence-corrected chi connectivity index (χ2v) is 5.66. The molecule has 0 saturated heterocycles. The lowest BCUT2D eigenvalue weighted by Crippen LogP contribution is -2.44. The molecule has 2 atom stereocenters. The van der Waals surface area contributed by atoms with E-state index < -0.39 is 0 Å². The highest BCUT2D eigenvalue weighted by molar-refractivity contribution is 4.89.